The molecule has 0 bridgehead atoms. The van der Waals surface area contributed by atoms with Gasteiger partial charge in [0.1, 0.15) is 6.61 Å². The zero-order chi connectivity index (χ0) is 4.24. The van der Waals surface area contributed by atoms with E-state index in [9.17, 15) is 0 Å². The van der Waals surface area contributed by atoms with Crippen molar-refractivity contribution in [3.05, 3.63) is 6.61 Å². The van der Waals surface area contributed by atoms with E-state index in [1.807, 2.05) is 0 Å². The zero-order valence-electron chi connectivity index (χ0n) is 3.52. The van der Waals surface area contributed by atoms with Crippen LogP contribution in [0.4, 0.5) is 0 Å². The molecule has 0 aromatic carbocycles. The largest absolute Gasteiger partial charge is 0.335 e. The average molecular weight is 87.1 g/mol. The van der Waals surface area contributed by atoms with Crippen LogP contribution < -0.4 is 0 Å². The Morgan fingerprint density at radius 3 is 2.50 bits per heavy atom. The molecule has 6 heavy (non-hydrogen) atoms. The van der Waals surface area contributed by atoms with Crippen LogP contribution in [-0.2, 0) is 9.47 Å². The van der Waals surface area contributed by atoms with Crippen LogP contribution in [0.15, 0.2) is 0 Å². The standard InChI is InChI=1S/C4H7O2/c1-2-6-4-3-5-1/h1H,2-4H2/q+1. The Kier molecular flexibility index (Phi) is 1.36. The van der Waals surface area contributed by atoms with Gasteiger partial charge >= 0.3 is 0 Å². The highest BCUT2D eigenvalue weighted by Gasteiger charge is 2.05. The molecule has 1 fully saturated rings. The van der Waals surface area contributed by atoms with E-state index in [0.29, 0.717) is 6.61 Å². The highest BCUT2D eigenvalue weighted by molar-refractivity contribution is 4.51. The Bertz CT molecular complexity index is 21.0. The maximum absolute atomic E-state index is 4.89. The molecule has 0 saturated carbocycles. The van der Waals surface area contributed by atoms with Crippen molar-refractivity contribution in [3.8, 4) is 0 Å². The predicted octanol–water partition coefficient (Wildman–Crippen LogP) is 0.195. The van der Waals surface area contributed by atoms with E-state index in [-0.39, 0.29) is 0 Å². The Balaban J connectivity index is 2.00. The van der Waals surface area contributed by atoms with Crippen LogP contribution in [0.2, 0.25) is 0 Å². The van der Waals surface area contributed by atoms with E-state index < -0.39 is 0 Å². The topological polar surface area (TPSA) is 18.5 Å². The van der Waals surface area contributed by atoms with Gasteiger partial charge in [-0.05, 0) is 0 Å². The van der Waals surface area contributed by atoms with Crippen LogP contribution in [0.25, 0.3) is 0 Å². The Labute approximate surface area is 37.1 Å². The summed E-state index contributed by atoms with van der Waals surface area (Å²) in [6.45, 7) is 3.79. The van der Waals surface area contributed by atoms with Crippen molar-refractivity contribution < 1.29 is 9.47 Å². The van der Waals surface area contributed by atoms with Gasteiger partial charge in [-0.3, -0.25) is 0 Å². The van der Waals surface area contributed by atoms with Crippen molar-refractivity contribution in [2.75, 3.05) is 19.8 Å². The van der Waals surface area contributed by atoms with E-state index in [1.165, 1.54) is 0 Å². The minimum Gasteiger partial charge on any atom is -0.335 e. The molecule has 34 valence electrons. The minimum atomic E-state index is 0.653. The highest BCUT2D eigenvalue weighted by atomic mass is 16.6. The predicted molar refractivity (Wildman–Crippen MR) is 21.1 cm³/mol. The van der Waals surface area contributed by atoms with E-state index in [2.05, 4.69) is 0 Å². The second-order valence-corrected chi connectivity index (χ2v) is 1.11. The third-order valence-corrected chi connectivity index (χ3v) is 0.649. The molecule has 1 rings (SSSR count). The van der Waals surface area contributed by atoms with Gasteiger partial charge in [0.15, 0.2) is 0 Å². The van der Waals surface area contributed by atoms with E-state index in [1.54, 1.807) is 6.61 Å². The van der Waals surface area contributed by atoms with E-state index in [4.69, 9.17) is 9.47 Å². The summed E-state index contributed by atoms with van der Waals surface area (Å²) >= 11 is 0. The third-order valence-electron chi connectivity index (χ3n) is 0.649. The maximum Gasteiger partial charge on any atom is 0.254 e. The number of rotatable bonds is 0. The van der Waals surface area contributed by atoms with Crippen LogP contribution in [0, 0.1) is 6.61 Å². The fourth-order valence-corrected chi connectivity index (χ4v) is 0.370. The molecule has 2 nitrogen and oxygen atoms in total. The van der Waals surface area contributed by atoms with Gasteiger partial charge in [0.05, 0.1) is 6.61 Å². The molecule has 0 aromatic heterocycles. The molecule has 2 heteroatoms. The van der Waals surface area contributed by atoms with Crippen LogP contribution in [-0.4, -0.2) is 19.8 Å². The number of ether oxygens (including phenoxy) is 2. The first-order valence-electron chi connectivity index (χ1n) is 2.01. The van der Waals surface area contributed by atoms with Crippen molar-refractivity contribution in [3.63, 3.8) is 0 Å². The molecule has 0 amide bonds. The molecule has 1 heterocycles. The van der Waals surface area contributed by atoms with Gasteiger partial charge < -0.3 is 4.74 Å². The van der Waals surface area contributed by atoms with Gasteiger partial charge in [0.25, 0.3) is 6.61 Å². The van der Waals surface area contributed by atoms with Gasteiger partial charge in [0, 0.05) is 0 Å². The SMILES string of the molecule is [CH+]1COCCO1. The van der Waals surface area contributed by atoms with Crippen molar-refractivity contribution in [1.29, 1.82) is 0 Å². The van der Waals surface area contributed by atoms with Crippen LogP contribution in [0.3, 0.4) is 0 Å². The number of hydrogen-bond acceptors (Lipinski definition) is 2. The van der Waals surface area contributed by atoms with Gasteiger partial charge in [-0.1, -0.05) is 0 Å². The monoisotopic (exact) mass is 87.0 g/mol. The molecule has 1 saturated heterocycles. The molecule has 1 aliphatic rings. The molecule has 0 radical (unpaired) electrons. The van der Waals surface area contributed by atoms with Gasteiger partial charge in [-0.2, -0.15) is 4.74 Å². The summed E-state index contributed by atoms with van der Waals surface area (Å²) in [4.78, 5) is 0. The normalized spacial score (nSPS) is 22.7. The lowest BCUT2D eigenvalue weighted by Gasteiger charge is -1.99. The van der Waals surface area contributed by atoms with Crippen molar-refractivity contribution in [2.24, 2.45) is 0 Å². The first kappa shape index (κ1) is 3.96. The first-order valence-corrected chi connectivity index (χ1v) is 2.01. The molecule has 0 N–H and O–H groups in total. The highest BCUT2D eigenvalue weighted by Crippen LogP contribution is 1.90. The molecule has 0 unspecified atom stereocenters. The van der Waals surface area contributed by atoms with Crippen LogP contribution >= 0.6 is 0 Å². The summed E-state index contributed by atoms with van der Waals surface area (Å²) in [5, 5.41) is 0. The Hall–Kier alpha value is -0.210. The van der Waals surface area contributed by atoms with Crippen molar-refractivity contribution in [1.82, 2.24) is 0 Å². The fraction of sp³-hybridized carbons (Fsp3) is 0.750. The Morgan fingerprint density at radius 2 is 2.33 bits per heavy atom. The molecule has 0 aromatic rings. The molecular formula is C4H7O2+. The summed E-state index contributed by atoms with van der Waals surface area (Å²) in [7, 11) is 0. The molecule has 1 aliphatic heterocycles. The quantitative estimate of drug-likeness (QED) is 0.393. The fourth-order valence-electron chi connectivity index (χ4n) is 0.370. The summed E-state index contributed by atoms with van der Waals surface area (Å²) < 4.78 is 9.71. The third kappa shape index (κ3) is 0.880. The molecular weight excluding hydrogens is 80.0 g/mol. The summed E-state index contributed by atoms with van der Waals surface area (Å²) in [6, 6.07) is 0. The average Bonchev–Trinajstić information content (AvgIpc) is 1.72. The van der Waals surface area contributed by atoms with Gasteiger partial charge in [0.2, 0.25) is 6.61 Å². The molecule has 0 spiro atoms. The van der Waals surface area contributed by atoms with Gasteiger partial charge in [-0.25, -0.2) is 0 Å². The number of hydrogen-bond donors (Lipinski definition) is 0. The molecule has 0 aliphatic carbocycles. The lowest BCUT2D eigenvalue weighted by atomic mass is 10.6. The lowest BCUT2D eigenvalue weighted by molar-refractivity contribution is 0.00613. The van der Waals surface area contributed by atoms with E-state index >= 15 is 0 Å². The maximum atomic E-state index is 4.89. The van der Waals surface area contributed by atoms with Crippen LogP contribution in [0.5, 0.6) is 0 Å². The van der Waals surface area contributed by atoms with Crippen molar-refractivity contribution in [2.45, 2.75) is 0 Å². The smallest absolute Gasteiger partial charge is 0.254 e. The lowest BCUT2D eigenvalue weighted by Crippen LogP contribution is -2.12. The molecule has 0 atom stereocenters. The summed E-state index contributed by atoms with van der Waals surface area (Å²) in [5.41, 5.74) is 0. The van der Waals surface area contributed by atoms with E-state index in [0.717, 1.165) is 13.2 Å². The Morgan fingerprint density at radius 1 is 1.33 bits per heavy atom. The summed E-state index contributed by atoms with van der Waals surface area (Å²) in [6.07, 6.45) is 0. The van der Waals surface area contributed by atoms with Crippen molar-refractivity contribution >= 4 is 0 Å². The second-order valence-electron chi connectivity index (χ2n) is 1.11. The minimum absolute atomic E-state index is 0.653. The van der Waals surface area contributed by atoms with Gasteiger partial charge in [-0.15, -0.1) is 0 Å². The zero-order valence-corrected chi connectivity index (χ0v) is 3.52. The first-order chi connectivity index (χ1) is 3.00. The summed E-state index contributed by atoms with van der Waals surface area (Å²) in [5.74, 6) is 0. The van der Waals surface area contributed by atoms with Crippen LogP contribution in [0.1, 0.15) is 0 Å². The second kappa shape index (κ2) is 2.05.